The van der Waals surface area contributed by atoms with E-state index < -0.39 is 5.97 Å². The first-order valence-electron chi connectivity index (χ1n) is 6.27. The van der Waals surface area contributed by atoms with Gasteiger partial charge in [0.25, 0.3) is 0 Å². The topological polar surface area (TPSA) is 40.5 Å². The van der Waals surface area contributed by atoms with Gasteiger partial charge >= 0.3 is 5.97 Å². The third-order valence-electron chi connectivity index (χ3n) is 3.71. The maximum Gasteiger partial charge on any atom is 0.338 e. The quantitative estimate of drug-likeness (QED) is 0.926. The maximum atomic E-state index is 11.4. The number of halogens is 1. The molecule has 1 atom stereocenters. The van der Waals surface area contributed by atoms with E-state index in [2.05, 4.69) is 34.7 Å². The summed E-state index contributed by atoms with van der Waals surface area (Å²) in [6.45, 7) is 6.36. The van der Waals surface area contributed by atoms with Crippen molar-refractivity contribution in [3.63, 3.8) is 0 Å². The normalized spacial score (nSPS) is 19.6. The lowest BCUT2D eigenvalue weighted by molar-refractivity contribution is 0.0696. The molecule has 1 unspecified atom stereocenters. The van der Waals surface area contributed by atoms with E-state index in [1.807, 2.05) is 12.1 Å². The lowest BCUT2D eigenvalue weighted by atomic mass is 9.95. The molecule has 1 aromatic rings. The molecule has 3 nitrogen and oxygen atoms in total. The van der Waals surface area contributed by atoms with Gasteiger partial charge in [-0.1, -0.05) is 19.9 Å². The van der Waals surface area contributed by atoms with Crippen LogP contribution in [0.3, 0.4) is 0 Å². The van der Waals surface area contributed by atoms with Crippen LogP contribution in [0.5, 0.6) is 0 Å². The molecule has 98 valence electrons. The molecule has 0 radical (unpaired) electrons. The van der Waals surface area contributed by atoms with E-state index in [9.17, 15) is 9.90 Å². The summed E-state index contributed by atoms with van der Waals surface area (Å²) in [6, 6.07) is 5.58. The van der Waals surface area contributed by atoms with Gasteiger partial charge in [0.1, 0.15) is 0 Å². The zero-order valence-electron chi connectivity index (χ0n) is 10.7. The second-order valence-electron chi connectivity index (χ2n) is 5.18. The molecule has 1 fully saturated rings. The van der Waals surface area contributed by atoms with Crippen LogP contribution in [0.4, 0.5) is 5.69 Å². The Hall–Kier alpha value is -1.03. The summed E-state index contributed by atoms with van der Waals surface area (Å²) in [5.41, 5.74) is 1.21. The van der Waals surface area contributed by atoms with Gasteiger partial charge in [-0.15, -0.1) is 0 Å². The molecule has 1 heterocycles. The molecule has 18 heavy (non-hydrogen) atoms. The minimum Gasteiger partial charge on any atom is -0.478 e. The molecule has 1 aliphatic rings. The van der Waals surface area contributed by atoms with Crippen molar-refractivity contribution in [1.82, 2.24) is 0 Å². The second kappa shape index (κ2) is 5.31. The van der Waals surface area contributed by atoms with Crippen molar-refractivity contribution in [2.24, 2.45) is 11.8 Å². The molecular weight excluding hydrogens is 294 g/mol. The Kier molecular flexibility index (Phi) is 3.95. The Balaban J connectivity index is 2.30. The van der Waals surface area contributed by atoms with Gasteiger partial charge in [0.2, 0.25) is 0 Å². The van der Waals surface area contributed by atoms with Gasteiger partial charge in [-0.2, -0.15) is 0 Å². The van der Waals surface area contributed by atoms with E-state index in [0.717, 1.165) is 25.2 Å². The van der Waals surface area contributed by atoms with Crippen molar-refractivity contribution in [3.05, 3.63) is 28.2 Å². The molecule has 0 aliphatic carbocycles. The summed E-state index contributed by atoms with van der Waals surface area (Å²) in [6.07, 6.45) is 1.14. The molecule has 0 saturated carbocycles. The highest BCUT2D eigenvalue weighted by atomic mass is 79.9. The average molecular weight is 312 g/mol. The number of carboxylic acid groups (broad SMARTS) is 1. The SMILES string of the molecule is CC(C)C1CCN(c2cccc(Br)c2C(=O)O)C1. The summed E-state index contributed by atoms with van der Waals surface area (Å²) in [7, 11) is 0. The summed E-state index contributed by atoms with van der Waals surface area (Å²) in [4.78, 5) is 13.6. The number of hydrogen-bond acceptors (Lipinski definition) is 2. The third-order valence-corrected chi connectivity index (χ3v) is 4.37. The van der Waals surface area contributed by atoms with Crippen LogP contribution in [-0.2, 0) is 0 Å². The predicted molar refractivity (Wildman–Crippen MR) is 76.3 cm³/mol. The molecule has 1 aromatic carbocycles. The molecule has 4 heteroatoms. The first-order valence-corrected chi connectivity index (χ1v) is 7.06. The van der Waals surface area contributed by atoms with Gasteiger partial charge < -0.3 is 10.0 Å². The monoisotopic (exact) mass is 311 g/mol. The van der Waals surface area contributed by atoms with Gasteiger partial charge in [0, 0.05) is 17.6 Å². The summed E-state index contributed by atoms with van der Waals surface area (Å²) in [5.74, 6) is 0.437. The molecular formula is C14H18BrNO2. The van der Waals surface area contributed by atoms with E-state index in [-0.39, 0.29) is 0 Å². The number of nitrogens with zero attached hydrogens (tertiary/aromatic N) is 1. The zero-order chi connectivity index (χ0) is 13.3. The lowest BCUT2D eigenvalue weighted by Crippen LogP contribution is -2.23. The second-order valence-corrected chi connectivity index (χ2v) is 6.03. The zero-order valence-corrected chi connectivity index (χ0v) is 12.3. The highest BCUT2D eigenvalue weighted by Crippen LogP contribution is 2.33. The fourth-order valence-electron chi connectivity index (χ4n) is 2.54. The largest absolute Gasteiger partial charge is 0.478 e. The number of hydrogen-bond donors (Lipinski definition) is 1. The van der Waals surface area contributed by atoms with Gasteiger partial charge in [0.05, 0.1) is 11.3 Å². The highest BCUT2D eigenvalue weighted by Gasteiger charge is 2.28. The number of anilines is 1. The molecule has 0 amide bonds. The van der Waals surface area contributed by atoms with Crippen molar-refractivity contribution in [3.8, 4) is 0 Å². The van der Waals surface area contributed by atoms with E-state index in [0.29, 0.717) is 21.9 Å². The third kappa shape index (κ3) is 2.53. The Labute approximate surface area is 116 Å². The number of carbonyl (C=O) groups is 1. The highest BCUT2D eigenvalue weighted by molar-refractivity contribution is 9.10. The average Bonchev–Trinajstić information content (AvgIpc) is 2.77. The standard InChI is InChI=1S/C14H18BrNO2/c1-9(2)10-6-7-16(8-10)12-5-3-4-11(15)13(12)14(17)18/h3-5,9-10H,6-8H2,1-2H3,(H,17,18). The fourth-order valence-corrected chi connectivity index (χ4v) is 3.06. The molecule has 0 aromatic heterocycles. The lowest BCUT2D eigenvalue weighted by Gasteiger charge is -2.22. The maximum absolute atomic E-state index is 11.4. The van der Waals surface area contributed by atoms with Crippen LogP contribution < -0.4 is 4.90 Å². The van der Waals surface area contributed by atoms with Crippen LogP contribution in [0.2, 0.25) is 0 Å². The number of rotatable bonds is 3. The number of carboxylic acids is 1. The predicted octanol–water partition coefficient (Wildman–Crippen LogP) is 3.63. The van der Waals surface area contributed by atoms with E-state index in [1.165, 1.54) is 0 Å². The van der Waals surface area contributed by atoms with Crippen molar-refractivity contribution in [2.45, 2.75) is 20.3 Å². The summed E-state index contributed by atoms with van der Waals surface area (Å²) in [5, 5.41) is 9.33. The Bertz CT molecular complexity index is 459. The van der Waals surface area contributed by atoms with Crippen molar-refractivity contribution in [2.75, 3.05) is 18.0 Å². The molecule has 1 saturated heterocycles. The van der Waals surface area contributed by atoms with Crippen molar-refractivity contribution < 1.29 is 9.90 Å². The van der Waals surface area contributed by atoms with Crippen LogP contribution in [0.25, 0.3) is 0 Å². The smallest absolute Gasteiger partial charge is 0.338 e. The van der Waals surface area contributed by atoms with Crippen LogP contribution in [0, 0.1) is 11.8 Å². The van der Waals surface area contributed by atoms with Crippen LogP contribution in [0.15, 0.2) is 22.7 Å². The van der Waals surface area contributed by atoms with E-state index in [4.69, 9.17) is 0 Å². The first kappa shape index (κ1) is 13.4. The minimum absolute atomic E-state index is 0.377. The Morgan fingerprint density at radius 1 is 1.50 bits per heavy atom. The Morgan fingerprint density at radius 3 is 2.78 bits per heavy atom. The minimum atomic E-state index is -0.870. The van der Waals surface area contributed by atoms with Crippen molar-refractivity contribution >= 4 is 27.6 Å². The van der Waals surface area contributed by atoms with E-state index in [1.54, 1.807) is 6.07 Å². The van der Waals surface area contributed by atoms with Gasteiger partial charge in [-0.25, -0.2) is 4.79 Å². The molecule has 0 spiro atoms. The summed E-state index contributed by atoms with van der Waals surface area (Å²) >= 11 is 3.33. The fraction of sp³-hybridized carbons (Fsp3) is 0.500. The number of benzene rings is 1. The van der Waals surface area contributed by atoms with Gasteiger partial charge in [-0.05, 0) is 46.3 Å². The summed E-state index contributed by atoms with van der Waals surface area (Å²) < 4.78 is 0.653. The van der Waals surface area contributed by atoms with Gasteiger partial charge in [-0.3, -0.25) is 0 Å². The Morgan fingerprint density at radius 2 is 2.22 bits per heavy atom. The van der Waals surface area contributed by atoms with Crippen LogP contribution in [-0.4, -0.2) is 24.2 Å². The molecule has 2 rings (SSSR count). The molecule has 1 N–H and O–H groups in total. The van der Waals surface area contributed by atoms with Crippen LogP contribution in [0.1, 0.15) is 30.6 Å². The van der Waals surface area contributed by atoms with Crippen LogP contribution >= 0.6 is 15.9 Å². The van der Waals surface area contributed by atoms with Gasteiger partial charge in [0.15, 0.2) is 0 Å². The molecule has 1 aliphatic heterocycles. The number of aromatic carboxylic acids is 1. The van der Waals surface area contributed by atoms with Crippen molar-refractivity contribution in [1.29, 1.82) is 0 Å². The first-order chi connectivity index (χ1) is 8.50. The van der Waals surface area contributed by atoms with E-state index >= 15 is 0 Å². The molecule has 0 bridgehead atoms.